The van der Waals surface area contributed by atoms with Gasteiger partial charge < -0.3 is 19.4 Å². The Kier molecular flexibility index (Phi) is 5.81. The number of rotatable bonds is 4. The summed E-state index contributed by atoms with van der Waals surface area (Å²) in [6.45, 7) is 5.91. The molecule has 0 N–H and O–H groups in total. The van der Waals surface area contributed by atoms with E-state index in [1.807, 2.05) is 41.0 Å². The van der Waals surface area contributed by atoms with Crippen LogP contribution in [-0.4, -0.2) is 73.4 Å². The molecule has 2 aliphatic rings. The minimum Gasteiger partial charge on any atom is -0.497 e. The molecule has 3 rings (SSSR count). The lowest BCUT2D eigenvalue weighted by Crippen LogP contribution is -2.53. The first-order valence-electron chi connectivity index (χ1n) is 9.46. The number of hydrogen-bond acceptors (Lipinski definition) is 4. The van der Waals surface area contributed by atoms with Crippen molar-refractivity contribution in [1.29, 1.82) is 0 Å². The summed E-state index contributed by atoms with van der Waals surface area (Å²) in [7, 11) is 3.72. The van der Waals surface area contributed by atoms with Gasteiger partial charge in [-0.1, -0.05) is 12.1 Å². The minimum absolute atomic E-state index is 0.128. The molecule has 0 bridgehead atoms. The molecule has 0 unspecified atom stereocenters. The molecule has 6 nitrogen and oxygen atoms in total. The number of benzene rings is 1. The number of piperazine rings is 1. The van der Waals surface area contributed by atoms with E-state index < -0.39 is 0 Å². The van der Waals surface area contributed by atoms with Gasteiger partial charge in [-0.3, -0.25) is 9.59 Å². The molecule has 0 radical (unpaired) electrons. The molecule has 6 heteroatoms. The van der Waals surface area contributed by atoms with Crippen molar-refractivity contribution >= 4 is 11.8 Å². The third kappa shape index (κ3) is 3.70. The summed E-state index contributed by atoms with van der Waals surface area (Å²) in [5.41, 5.74) is 0.978. The zero-order valence-corrected chi connectivity index (χ0v) is 16.0. The predicted octanol–water partition coefficient (Wildman–Crippen LogP) is 1.77. The summed E-state index contributed by atoms with van der Waals surface area (Å²) >= 11 is 0. The number of methoxy groups -OCH3 is 1. The predicted molar refractivity (Wildman–Crippen MR) is 99.9 cm³/mol. The number of likely N-dealkylation sites (tertiary alicyclic amines) is 1. The van der Waals surface area contributed by atoms with Crippen molar-refractivity contribution in [1.82, 2.24) is 14.7 Å². The van der Waals surface area contributed by atoms with Gasteiger partial charge in [0, 0.05) is 39.1 Å². The highest BCUT2D eigenvalue weighted by molar-refractivity contribution is 5.85. The van der Waals surface area contributed by atoms with Gasteiger partial charge in [0.25, 0.3) is 0 Å². The van der Waals surface area contributed by atoms with Crippen LogP contribution < -0.4 is 4.74 Å². The number of hydrogen-bond donors (Lipinski definition) is 0. The van der Waals surface area contributed by atoms with Crippen molar-refractivity contribution in [2.75, 3.05) is 46.9 Å². The SMILES string of the molecule is CCN1C(=O)CC[C@@H](C(=O)N2CCN(C)CC2)[C@@H]1c1cccc(OC)c1. The zero-order chi connectivity index (χ0) is 18.7. The number of piperidine rings is 1. The summed E-state index contributed by atoms with van der Waals surface area (Å²) in [5.74, 6) is 0.866. The van der Waals surface area contributed by atoms with Gasteiger partial charge in [-0.2, -0.15) is 0 Å². The minimum atomic E-state index is -0.219. The van der Waals surface area contributed by atoms with Crippen LogP contribution in [0.5, 0.6) is 5.75 Å². The molecule has 2 heterocycles. The number of amides is 2. The first-order valence-corrected chi connectivity index (χ1v) is 9.46. The van der Waals surface area contributed by atoms with Crippen molar-refractivity contribution < 1.29 is 14.3 Å². The van der Waals surface area contributed by atoms with Gasteiger partial charge in [-0.05, 0) is 38.1 Å². The van der Waals surface area contributed by atoms with E-state index in [1.165, 1.54) is 0 Å². The monoisotopic (exact) mass is 359 g/mol. The summed E-state index contributed by atoms with van der Waals surface area (Å²) in [5, 5.41) is 0. The van der Waals surface area contributed by atoms with Gasteiger partial charge in [-0.15, -0.1) is 0 Å². The Labute approximate surface area is 155 Å². The first-order chi connectivity index (χ1) is 12.5. The first kappa shape index (κ1) is 18.7. The van der Waals surface area contributed by atoms with Crippen molar-refractivity contribution in [3.05, 3.63) is 29.8 Å². The van der Waals surface area contributed by atoms with Crippen LogP contribution in [0.1, 0.15) is 31.4 Å². The van der Waals surface area contributed by atoms with Gasteiger partial charge in [-0.25, -0.2) is 0 Å². The van der Waals surface area contributed by atoms with E-state index in [0.717, 1.165) is 37.5 Å². The van der Waals surface area contributed by atoms with Crippen LogP contribution in [0.2, 0.25) is 0 Å². The highest BCUT2D eigenvalue weighted by Crippen LogP contribution is 2.38. The van der Waals surface area contributed by atoms with Gasteiger partial charge in [0.15, 0.2) is 0 Å². The lowest BCUT2D eigenvalue weighted by Gasteiger charge is -2.43. The highest BCUT2D eigenvalue weighted by Gasteiger charge is 2.41. The Morgan fingerprint density at radius 3 is 2.62 bits per heavy atom. The number of ether oxygens (including phenoxy) is 1. The van der Waals surface area contributed by atoms with Crippen molar-refractivity contribution in [3.63, 3.8) is 0 Å². The van der Waals surface area contributed by atoms with E-state index in [0.29, 0.717) is 19.4 Å². The van der Waals surface area contributed by atoms with Crippen LogP contribution in [0.4, 0.5) is 0 Å². The molecule has 0 saturated carbocycles. The van der Waals surface area contributed by atoms with Crippen LogP contribution in [-0.2, 0) is 9.59 Å². The highest BCUT2D eigenvalue weighted by atomic mass is 16.5. The van der Waals surface area contributed by atoms with Crippen LogP contribution in [0.25, 0.3) is 0 Å². The van der Waals surface area contributed by atoms with E-state index in [2.05, 4.69) is 11.9 Å². The Bertz CT molecular complexity index is 655. The average molecular weight is 359 g/mol. The van der Waals surface area contributed by atoms with Crippen LogP contribution in [0.15, 0.2) is 24.3 Å². The van der Waals surface area contributed by atoms with E-state index in [4.69, 9.17) is 4.74 Å². The lowest BCUT2D eigenvalue weighted by atomic mass is 9.83. The van der Waals surface area contributed by atoms with Gasteiger partial charge in [0.1, 0.15) is 5.75 Å². The largest absolute Gasteiger partial charge is 0.497 e. The maximum absolute atomic E-state index is 13.3. The van der Waals surface area contributed by atoms with E-state index in [9.17, 15) is 9.59 Å². The third-order valence-corrected chi connectivity index (χ3v) is 5.61. The lowest BCUT2D eigenvalue weighted by molar-refractivity contribution is -0.148. The Hall–Kier alpha value is -2.08. The summed E-state index contributed by atoms with van der Waals surface area (Å²) < 4.78 is 5.36. The zero-order valence-electron chi connectivity index (χ0n) is 16.0. The smallest absolute Gasteiger partial charge is 0.228 e. The summed E-state index contributed by atoms with van der Waals surface area (Å²) in [4.78, 5) is 31.9. The molecule has 2 saturated heterocycles. The molecule has 2 fully saturated rings. The maximum Gasteiger partial charge on any atom is 0.228 e. The summed E-state index contributed by atoms with van der Waals surface area (Å²) in [6.07, 6.45) is 1.06. The summed E-state index contributed by atoms with van der Waals surface area (Å²) in [6, 6.07) is 7.55. The van der Waals surface area contributed by atoms with Gasteiger partial charge >= 0.3 is 0 Å². The van der Waals surface area contributed by atoms with Crippen LogP contribution in [0, 0.1) is 5.92 Å². The Balaban J connectivity index is 1.90. The standard InChI is InChI=1S/C20H29N3O3/c1-4-23-18(24)9-8-17(20(25)22-12-10-21(2)11-13-22)19(23)15-6-5-7-16(14-15)26-3/h5-7,14,17,19H,4,8-13H2,1-3H3/t17-,19+/m1/s1. The van der Waals surface area contributed by atoms with Crippen molar-refractivity contribution in [2.24, 2.45) is 5.92 Å². The fourth-order valence-corrected chi connectivity index (χ4v) is 4.08. The molecular weight excluding hydrogens is 330 g/mol. The molecule has 2 aliphatic heterocycles. The molecule has 142 valence electrons. The van der Waals surface area contributed by atoms with Crippen LogP contribution in [0.3, 0.4) is 0 Å². The Morgan fingerprint density at radius 1 is 1.23 bits per heavy atom. The van der Waals surface area contributed by atoms with Crippen molar-refractivity contribution in [3.8, 4) is 5.75 Å². The fraction of sp³-hybridized carbons (Fsp3) is 0.600. The van der Waals surface area contributed by atoms with E-state index in [-0.39, 0.29) is 23.8 Å². The van der Waals surface area contributed by atoms with Gasteiger partial charge in [0.2, 0.25) is 11.8 Å². The molecule has 1 aromatic carbocycles. The van der Waals surface area contributed by atoms with Crippen LogP contribution >= 0.6 is 0 Å². The molecule has 0 spiro atoms. The third-order valence-electron chi connectivity index (χ3n) is 5.61. The number of carbonyl (C=O) groups is 2. The van der Waals surface area contributed by atoms with Crippen molar-refractivity contribution in [2.45, 2.75) is 25.8 Å². The molecule has 2 amide bonds. The molecule has 2 atom stereocenters. The average Bonchev–Trinajstić information content (AvgIpc) is 2.67. The maximum atomic E-state index is 13.3. The fourth-order valence-electron chi connectivity index (χ4n) is 4.08. The molecule has 0 aromatic heterocycles. The quantitative estimate of drug-likeness (QED) is 0.822. The van der Waals surface area contributed by atoms with E-state index in [1.54, 1.807) is 7.11 Å². The molecule has 1 aromatic rings. The second kappa shape index (κ2) is 8.08. The second-order valence-corrected chi connectivity index (χ2v) is 7.17. The number of carbonyl (C=O) groups excluding carboxylic acids is 2. The second-order valence-electron chi connectivity index (χ2n) is 7.17. The number of nitrogens with zero attached hydrogens (tertiary/aromatic N) is 3. The van der Waals surface area contributed by atoms with Gasteiger partial charge in [0.05, 0.1) is 19.1 Å². The molecule has 26 heavy (non-hydrogen) atoms. The molecule has 0 aliphatic carbocycles. The normalized spacial score (nSPS) is 24.7. The van der Waals surface area contributed by atoms with E-state index >= 15 is 0 Å². The molecular formula is C20H29N3O3. The Morgan fingerprint density at radius 2 is 1.96 bits per heavy atom. The topological polar surface area (TPSA) is 53.1 Å². The number of likely N-dealkylation sites (N-methyl/N-ethyl adjacent to an activating group) is 1.